The topological polar surface area (TPSA) is 61.7 Å². The van der Waals surface area contributed by atoms with Crippen LogP contribution >= 0.6 is 0 Å². The highest BCUT2D eigenvalue weighted by Gasteiger charge is 2.14. The molecular formula is C14H14FN5. The normalized spacial score (nSPS) is 10.9. The summed E-state index contributed by atoms with van der Waals surface area (Å²) in [5.74, 6) is -0.280. The molecule has 0 spiro atoms. The molecule has 20 heavy (non-hydrogen) atoms. The van der Waals surface area contributed by atoms with Gasteiger partial charge in [-0.3, -0.25) is 4.68 Å². The van der Waals surface area contributed by atoms with Crippen LogP contribution in [0.5, 0.6) is 0 Å². The number of anilines is 1. The maximum atomic E-state index is 12.9. The minimum atomic E-state index is -0.280. The van der Waals surface area contributed by atoms with E-state index in [1.165, 1.54) is 12.1 Å². The van der Waals surface area contributed by atoms with E-state index in [2.05, 4.69) is 10.2 Å². The van der Waals surface area contributed by atoms with Gasteiger partial charge in [0.2, 0.25) is 0 Å². The van der Waals surface area contributed by atoms with Crippen molar-refractivity contribution in [2.24, 2.45) is 7.05 Å². The smallest absolute Gasteiger partial charge is 0.123 e. The van der Waals surface area contributed by atoms with Crippen molar-refractivity contribution in [3.63, 3.8) is 0 Å². The van der Waals surface area contributed by atoms with Gasteiger partial charge >= 0.3 is 0 Å². The molecule has 0 fully saturated rings. The zero-order valence-corrected chi connectivity index (χ0v) is 11.2. The summed E-state index contributed by atoms with van der Waals surface area (Å²) in [5.41, 5.74) is 9.78. The lowest BCUT2D eigenvalue weighted by Crippen LogP contribution is -1.94. The van der Waals surface area contributed by atoms with Crippen LogP contribution in [0, 0.1) is 12.7 Å². The molecule has 2 N–H and O–H groups in total. The quantitative estimate of drug-likeness (QED) is 0.778. The van der Waals surface area contributed by atoms with Crippen LogP contribution < -0.4 is 5.73 Å². The predicted molar refractivity (Wildman–Crippen MR) is 74.9 cm³/mol. The molecule has 0 atom stereocenters. The second kappa shape index (κ2) is 4.48. The average molecular weight is 271 g/mol. The number of benzene rings is 1. The second-order valence-corrected chi connectivity index (χ2v) is 4.66. The molecule has 2 aromatic heterocycles. The highest BCUT2D eigenvalue weighted by Crippen LogP contribution is 2.27. The fourth-order valence-corrected chi connectivity index (χ4v) is 2.15. The Morgan fingerprint density at radius 3 is 2.40 bits per heavy atom. The van der Waals surface area contributed by atoms with Gasteiger partial charge in [0.1, 0.15) is 11.5 Å². The Balaban J connectivity index is 2.07. The lowest BCUT2D eigenvalue weighted by Gasteiger charge is -2.00. The van der Waals surface area contributed by atoms with Crippen LogP contribution in [0.2, 0.25) is 0 Å². The van der Waals surface area contributed by atoms with E-state index in [9.17, 15) is 4.39 Å². The number of nitrogens with two attached hydrogens (primary N) is 1. The number of rotatable bonds is 2. The number of nitrogen functional groups attached to an aromatic ring is 1. The Morgan fingerprint density at radius 2 is 1.80 bits per heavy atom. The molecule has 5 nitrogen and oxygen atoms in total. The molecule has 1 aromatic carbocycles. The van der Waals surface area contributed by atoms with Gasteiger partial charge in [0, 0.05) is 18.8 Å². The predicted octanol–water partition coefficient (Wildman–Crippen LogP) is 2.30. The van der Waals surface area contributed by atoms with Crippen LogP contribution in [-0.4, -0.2) is 19.6 Å². The van der Waals surface area contributed by atoms with Crippen LogP contribution in [0.3, 0.4) is 0 Å². The highest BCUT2D eigenvalue weighted by atomic mass is 19.1. The Labute approximate surface area is 115 Å². The Kier molecular flexibility index (Phi) is 2.78. The first-order valence-electron chi connectivity index (χ1n) is 6.16. The Morgan fingerprint density at radius 1 is 1.10 bits per heavy atom. The largest absolute Gasteiger partial charge is 0.396 e. The van der Waals surface area contributed by atoms with Gasteiger partial charge < -0.3 is 5.73 Å². The monoisotopic (exact) mass is 271 g/mol. The van der Waals surface area contributed by atoms with E-state index in [0.717, 1.165) is 16.9 Å². The molecule has 0 saturated heterocycles. The van der Waals surface area contributed by atoms with Crippen molar-refractivity contribution in [3.05, 3.63) is 48.2 Å². The number of nitrogens with zero attached hydrogens (tertiary/aromatic N) is 4. The van der Waals surface area contributed by atoms with Crippen LogP contribution in [0.1, 0.15) is 5.69 Å². The molecule has 3 rings (SSSR count). The van der Waals surface area contributed by atoms with E-state index in [0.29, 0.717) is 11.4 Å². The first kappa shape index (κ1) is 12.4. The fourth-order valence-electron chi connectivity index (χ4n) is 2.15. The average Bonchev–Trinajstić information content (AvgIpc) is 2.93. The summed E-state index contributed by atoms with van der Waals surface area (Å²) in [7, 11) is 1.85. The van der Waals surface area contributed by atoms with Crippen LogP contribution in [0.25, 0.3) is 16.9 Å². The molecule has 0 amide bonds. The highest BCUT2D eigenvalue weighted by molar-refractivity contribution is 5.73. The summed E-state index contributed by atoms with van der Waals surface area (Å²) >= 11 is 0. The molecular weight excluding hydrogens is 257 g/mol. The molecule has 102 valence electrons. The van der Waals surface area contributed by atoms with Crippen molar-refractivity contribution in [1.29, 1.82) is 0 Å². The van der Waals surface area contributed by atoms with E-state index in [-0.39, 0.29) is 5.82 Å². The first-order valence-corrected chi connectivity index (χ1v) is 6.16. The molecule has 0 bridgehead atoms. The molecule has 0 saturated carbocycles. The first-order chi connectivity index (χ1) is 9.54. The van der Waals surface area contributed by atoms with Gasteiger partial charge in [-0.15, -0.1) is 0 Å². The maximum absolute atomic E-state index is 12.9. The van der Waals surface area contributed by atoms with Gasteiger partial charge in [-0.25, -0.2) is 9.07 Å². The molecule has 0 aliphatic rings. The molecule has 0 radical (unpaired) electrons. The molecule has 3 aromatic rings. The Bertz CT molecular complexity index is 754. The molecule has 0 unspecified atom stereocenters. The zero-order valence-electron chi connectivity index (χ0n) is 11.2. The van der Waals surface area contributed by atoms with E-state index < -0.39 is 0 Å². The SMILES string of the molecule is Cc1nn(C)cc1-c1nn(-c2ccc(F)cc2)cc1N. The number of aryl methyl sites for hydroxylation is 2. The van der Waals surface area contributed by atoms with E-state index in [1.807, 2.05) is 20.2 Å². The van der Waals surface area contributed by atoms with Crippen molar-refractivity contribution < 1.29 is 4.39 Å². The van der Waals surface area contributed by atoms with Crippen LogP contribution in [0.4, 0.5) is 10.1 Å². The number of aromatic nitrogens is 4. The van der Waals surface area contributed by atoms with E-state index in [1.54, 1.807) is 27.7 Å². The Hall–Kier alpha value is -2.63. The van der Waals surface area contributed by atoms with Gasteiger partial charge in [0.25, 0.3) is 0 Å². The molecule has 6 heteroatoms. The molecule has 2 heterocycles. The minimum Gasteiger partial charge on any atom is -0.396 e. The van der Waals surface area contributed by atoms with Crippen LogP contribution in [-0.2, 0) is 7.05 Å². The minimum absolute atomic E-state index is 0.280. The van der Waals surface area contributed by atoms with Gasteiger partial charge in [0.15, 0.2) is 0 Å². The van der Waals surface area contributed by atoms with Crippen molar-refractivity contribution in [2.45, 2.75) is 6.92 Å². The lowest BCUT2D eigenvalue weighted by molar-refractivity contribution is 0.627. The lowest BCUT2D eigenvalue weighted by atomic mass is 10.2. The molecule has 0 aliphatic carbocycles. The summed E-state index contributed by atoms with van der Waals surface area (Å²) in [6.45, 7) is 1.91. The zero-order chi connectivity index (χ0) is 14.3. The van der Waals surface area contributed by atoms with E-state index >= 15 is 0 Å². The van der Waals surface area contributed by atoms with Crippen molar-refractivity contribution in [1.82, 2.24) is 19.6 Å². The summed E-state index contributed by atoms with van der Waals surface area (Å²) < 4.78 is 16.3. The third-order valence-electron chi connectivity index (χ3n) is 3.10. The number of hydrogen-bond donors (Lipinski definition) is 1. The van der Waals surface area contributed by atoms with Crippen molar-refractivity contribution in [2.75, 3.05) is 5.73 Å². The fraction of sp³-hybridized carbons (Fsp3) is 0.143. The van der Waals surface area contributed by atoms with Crippen molar-refractivity contribution in [3.8, 4) is 16.9 Å². The number of halogens is 1. The van der Waals surface area contributed by atoms with Gasteiger partial charge in [-0.1, -0.05) is 0 Å². The molecule has 0 aliphatic heterocycles. The third-order valence-corrected chi connectivity index (χ3v) is 3.10. The summed E-state index contributed by atoms with van der Waals surface area (Å²) in [6.07, 6.45) is 3.60. The summed E-state index contributed by atoms with van der Waals surface area (Å²) in [5, 5.41) is 8.75. The summed E-state index contributed by atoms with van der Waals surface area (Å²) in [6, 6.07) is 6.09. The van der Waals surface area contributed by atoms with Gasteiger partial charge in [0.05, 0.1) is 23.3 Å². The number of hydrogen-bond acceptors (Lipinski definition) is 3. The second-order valence-electron chi connectivity index (χ2n) is 4.66. The van der Waals surface area contributed by atoms with Gasteiger partial charge in [-0.2, -0.15) is 10.2 Å². The summed E-state index contributed by atoms with van der Waals surface area (Å²) in [4.78, 5) is 0. The standard InChI is InChI=1S/C14H14FN5/c1-9-12(7-19(2)17-9)14-13(16)8-20(18-14)11-5-3-10(15)4-6-11/h3-8H,16H2,1-2H3. The van der Waals surface area contributed by atoms with Crippen LogP contribution in [0.15, 0.2) is 36.7 Å². The van der Waals surface area contributed by atoms with E-state index in [4.69, 9.17) is 5.73 Å². The van der Waals surface area contributed by atoms with Gasteiger partial charge in [-0.05, 0) is 31.2 Å². The maximum Gasteiger partial charge on any atom is 0.123 e. The third kappa shape index (κ3) is 2.05. The van der Waals surface area contributed by atoms with Crippen molar-refractivity contribution >= 4 is 5.69 Å².